The van der Waals surface area contributed by atoms with Gasteiger partial charge in [-0.15, -0.1) is 11.8 Å². The molecule has 1 aliphatic heterocycles. The van der Waals surface area contributed by atoms with Gasteiger partial charge in [0.2, 0.25) is 11.8 Å². The Morgan fingerprint density at radius 3 is 1.76 bits per heavy atom. The molecule has 2 heterocycles. The van der Waals surface area contributed by atoms with Crippen molar-refractivity contribution in [3.05, 3.63) is 198 Å². The van der Waals surface area contributed by atoms with Gasteiger partial charge in [-0.3, -0.25) is 14.4 Å². The number of alkyl carbamates (subject to hydrolysis) is 1. The van der Waals surface area contributed by atoms with Crippen LogP contribution >= 0.6 is 11.8 Å². The lowest BCUT2D eigenvalue weighted by molar-refractivity contribution is -0.158. The number of thioether (sulfide) groups is 1. The first-order chi connectivity index (χ1) is 30.6. The number of benzene rings is 5. The third-order valence-electron chi connectivity index (χ3n) is 10.8. The Kier molecular flexibility index (Phi) is 14.5. The number of hydrogen-bond acceptors (Lipinski definition) is 9. The number of nitrogens with one attached hydrogen (secondary N) is 2. The van der Waals surface area contributed by atoms with Gasteiger partial charge in [-0.25, -0.2) is 14.6 Å². The fourth-order valence-electron chi connectivity index (χ4n) is 7.87. The zero-order chi connectivity index (χ0) is 44.2. The fourth-order valence-corrected chi connectivity index (χ4v) is 9.03. The van der Waals surface area contributed by atoms with E-state index in [0.717, 1.165) is 27.8 Å². The van der Waals surface area contributed by atoms with E-state index in [1.165, 1.54) is 16.7 Å². The summed E-state index contributed by atoms with van der Waals surface area (Å²) in [5.74, 6) is -2.79. The number of imidazole rings is 1. The van der Waals surface area contributed by atoms with Crippen LogP contribution in [0.2, 0.25) is 0 Å². The van der Waals surface area contributed by atoms with Crippen LogP contribution in [0.5, 0.6) is 0 Å². The Balaban J connectivity index is 1.23. The van der Waals surface area contributed by atoms with Crippen molar-refractivity contribution in [2.24, 2.45) is 0 Å². The fraction of sp³-hybridized carbons (Fsp3) is 0.240. The van der Waals surface area contributed by atoms with E-state index in [0.29, 0.717) is 5.69 Å². The topological polar surface area (TPSA) is 149 Å². The Labute approximate surface area is 371 Å². The number of rotatable bonds is 17. The van der Waals surface area contributed by atoms with Gasteiger partial charge in [0, 0.05) is 30.5 Å². The van der Waals surface area contributed by atoms with Crippen LogP contribution in [0, 0.1) is 0 Å². The van der Waals surface area contributed by atoms with Crippen LogP contribution in [0.1, 0.15) is 47.4 Å². The summed E-state index contributed by atoms with van der Waals surface area (Å²) in [5.41, 5.74) is 3.92. The summed E-state index contributed by atoms with van der Waals surface area (Å²) in [5, 5.41) is 5.61. The summed E-state index contributed by atoms with van der Waals surface area (Å²) < 4.78 is 12.9. The first kappa shape index (κ1) is 44.1. The van der Waals surface area contributed by atoms with Crippen LogP contribution in [0.25, 0.3) is 0 Å². The number of aromatic nitrogens is 2. The molecule has 0 bridgehead atoms. The maximum atomic E-state index is 15.0. The van der Waals surface area contributed by atoms with Crippen LogP contribution < -0.4 is 10.6 Å². The van der Waals surface area contributed by atoms with E-state index in [2.05, 4.69) is 52.0 Å². The van der Waals surface area contributed by atoms with Crippen molar-refractivity contribution in [1.29, 1.82) is 0 Å². The molecule has 3 amide bonds. The van der Waals surface area contributed by atoms with Crippen LogP contribution in [0.15, 0.2) is 164 Å². The standard InChI is InChI=1S/C50H49N5O7S/c1-35(2)62-48(59)45(56)42(28-36-18-8-3-9-19-36)52-46(57)44-32-63-34-54(44)47(58)43(53-49(60)61-31-37-20-10-4-11-21-37)29-41-30-51-33-55(41)50(38-22-12-5-13-23-38,39-24-14-6-15-25-39)40-26-16-7-17-27-40/h3-27,30,33,35,42-44H,28-29,31-32,34H2,1-2H3,(H,52,57)(H,53,60)/t42-,43-,44-/m0/s1. The molecule has 2 N–H and O–H groups in total. The van der Waals surface area contributed by atoms with Crippen molar-refractivity contribution in [3.63, 3.8) is 0 Å². The van der Waals surface area contributed by atoms with Gasteiger partial charge in [0.1, 0.15) is 30.3 Å². The molecule has 7 rings (SSSR count). The van der Waals surface area contributed by atoms with Crippen molar-refractivity contribution in [2.45, 2.75) is 63.1 Å². The summed E-state index contributed by atoms with van der Waals surface area (Å²) in [4.78, 5) is 75.3. The molecule has 63 heavy (non-hydrogen) atoms. The minimum absolute atomic E-state index is 0.0276. The van der Waals surface area contributed by atoms with Gasteiger partial charge >= 0.3 is 12.1 Å². The monoisotopic (exact) mass is 863 g/mol. The molecule has 1 saturated heterocycles. The van der Waals surface area contributed by atoms with Gasteiger partial charge in [-0.2, -0.15) is 0 Å². The van der Waals surface area contributed by atoms with Crippen LogP contribution in [-0.2, 0) is 53.6 Å². The predicted molar refractivity (Wildman–Crippen MR) is 240 cm³/mol. The molecule has 5 aromatic carbocycles. The molecule has 0 saturated carbocycles. The second-order valence-electron chi connectivity index (χ2n) is 15.4. The van der Waals surface area contributed by atoms with Gasteiger partial charge in [0.05, 0.1) is 18.3 Å². The van der Waals surface area contributed by atoms with E-state index < -0.39 is 59.4 Å². The largest absolute Gasteiger partial charge is 0.457 e. The first-order valence-corrected chi connectivity index (χ1v) is 21.9. The highest BCUT2D eigenvalue weighted by Gasteiger charge is 2.43. The number of esters is 1. The van der Waals surface area contributed by atoms with Gasteiger partial charge in [-0.05, 0) is 41.7 Å². The van der Waals surface area contributed by atoms with E-state index in [9.17, 15) is 24.0 Å². The number of amides is 3. The third-order valence-corrected chi connectivity index (χ3v) is 11.8. The zero-order valence-electron chi connectivity index (χ0n) is 35.0. The summed E-state index contributed by atoms with van der Waals surface area (Å²) in [7, 11) is 0. The summed E-state index contributed by atoms with van der Waals surface area (Å²) in [6, 6.07) is 44.7. The van der Waals surface area contributed by atoms with Crippen molar-refractivity contribution >= 4 is 41.4 Å². The van der Waals surface area contributed by atoms with Crippen LogP contribution in [0.3, 0.4) is 0 Å². The Morgan fingerprint density at radius 2 is 1.22 bits per heavy atom. The number of carbonyl (C=O) groups excluding carboxylic acids is 5. The zero-order valence-corrected chi connectivity index (χ0v) is 35.9. The number of ketones is 1. The van der Waals surface area contributed by atoms with Crippen molar-refractivity contribution in [3.8, 4) is 0 Å². The van der Waals surface area contributed by atoms with Crippen LogP contribution in [-0.4, -0.2) is 80.0 Å². The number of hydrogen-bond donors (Lipinski definition) is 2. The molecule has 13 heteroatoms. The third kappa shape index (κ3) is 10.4. The highest BCUT2D eigenvalue weighted by molar-refractivity contribution is 7.99. The Morgan fingerprint density at radius 1 is 0.698 bits per heavy atom. The minimum atomic E-state index is -1.26. The van der Waals surface area contributed by atoms with E-state index in [-0.39, 0.29) is 31.1 Å². The predicted octanol–water partition coefficient (Wildman–Crippen LogP) is 6.71. The lowest BCUT2D eigenvalue weighted by atomic mass is 9.76. The highest BCUT2D eigenvalue weighted by Crippen LogP contribution is 2.42. The Bertz CT molecular complexity index is 2370. The molecule has 1 aliphatic rings. The Hall–Kier alpha value is -6.99. The molecule has 322 valence electrons. The van der Waals surface area contributed by atoms with Gasteiger partial charge in [0.25, 0.3) is 5.78 Å². The summed E-state index contributed by atoms with van der Waals surface area (Å²) >= 11 is 1.36. The smallest absolute Gasteiger partial charge is 0.408 e. The number of ether oxygens (including phenoxy) is 2. The van der Waals surface area contributed by atoms with Gasteiger partial charge in [-0.1, -0.05) is 152 Å². The molecule has 6 aromatic rings. The van der Waals surface area contributed by atoms with Crippen LogP contribution in [0.4, 0.5) is 4.79 Å². The lowest BCUT2D eigenvalue weighted by Gasteiger charge is -2.39. The molecule has 0 unspecified atom stereocenters. The molecular weight excluding hydrogens is 815 g/mol. The van der Waals surface area contributed by atoms with Crippen molar-refractivity contribution in [1.82, 2.24) is 25.1 Å². The molecular formula is C50H49N5O7S. The van der Waals surface area contributed by atoms with Gasteiger partial charge < -0.3 is 29.6 Å². The summed E-state index contributed by atoms with van der Waals surface area (Å²) in [6.07, 6.45) is 2.02. The van der Waals surface area contributed by atoms with E-state index in [4.69, 9.17) is 9.47 Å². The van der Waals surface area contributed by atoms with E-state index in [1.807, 2.05) is 95.6 Å². The molecule has 12 nitrogen and oxygen atoms in total. The van der Waals surface area contributed by atoms with Gasteiger partial charge in [0.15, 0.2) is 0 Å². The average Bonchev–Trinajstić information content (AvgIpc) is 4.00. The summed E-state index contributed by atoms with van der Waals surface area (Å²) in [6.45, 7) is 3.23. The van der Waals surface area contributed by atoms with E-state index >= 15 is 0 Å². The maximum absolute atomic E-state index is 15.0. The molecule has 1 fully saturated rings. The molecule has 0 radical (unpaired) electrons. The number of Topliss-reactive ketones (excluding diaryl/α,β-unsaturated/α-hetero) is 1. The van der Waals surface area contributed by atoms with Crippen molar-refractivity contribution < 1.29 is 33.4 Å². The SMILES string of the molecule is CC(C)OC(=O)C(=O)[C@H](Cc1ccccc1)NC(=O)[C@@H]1CSCN1C(=O)[C@H](Cc1cncn1C(c1ccccc1)(c1ccccc1)c1ccccc1)NC(=O)OCc1ccccc1. The number of carbonyl (C=O) groups is 5. The second-order valence-corrected chi connectivity index (χ2v) is 16.4. The van der Waals surface area contributed by atoms with E-state index in [1.54, 1.807) is 50.6 Å². The lowest BCUT2D eigenvalue weighted by Crippen LogP contribution is -2.57. The first-order valence-electron chi connectivity index (χ1n) is 20.8. The maximum Gasteiger partial charge on any atom is 0.408 e. The average molecular weight is 864 g/mol. The normalized spacial score (nSPS) is 14.7. The second kappa shape index (κ2) is 20.7. The minimum Gasteiger partial charge on any atom is -0.457 e. The molecule has 3 atom stereocenters. The molecule has 0 spiro atoms. The highest BCUT2D eigenvalue weighted by atomic mass is 32.2. The van der Waals surface area contributed by atoms with Crippen molar-refractivity contribution in [2.75, 3.05) is 11.6 Å². The molecule has 0 aliphatic carbocycles. The number of nitrogens with zero attached hydrogens (tertiary/aromatic N) is 3. The molecule has 1 aromatic heterocycles. The quantitative estimate of drug-likeness (QED) is 0.0580.